The van der Waals surface area contributed by atoms with Gasteiger partial charge in [-0.3, -0.25) is 14.2 Å². The molecule has 0 aliphatic carbocycles. The molecule has 0 saturated carbocycles. The highest BCUT2D eigenvalue weighted by atomic mass is 35.5. The molecule has 7 heteroatoms. The Morgan fingerprint density at radius 3 is 2.48 bits per heavy atom. The predicted molar refractivity (Wildman–Crippen MR) is 128 cm³/mol. The molecule has 0 atom stereocenters. The van der Waals surface area contributed by atoms with E-state index < -0.39 is 0 Å². The van der Waals surface area contributed by atoms with Crippen molar-refractivity contribution in [1.82, 2.24) is 9.55 Å². The van der Waals surface area contributed by atoms with Crippen LogP contribution in [0, 0.1) is 0 Å². The predicted octanol–water partition coefficient (Wildman–Crippen LogP) is 5.33. The molecule has 4 rings (SSSR count). The summed E-state index contributed by atoms with van der Waals surface area (Å²) >= 11 is 7.33. The number of rotatable bonds is 6. The molecule has 0 aliphatic rings. The second-order valence-corrected chi connectivity index (χ2v) is 8.24. The van der Waals surface area contributed by atoms with Gasteiger partial charge in [-0.25, -0.2) is 4.98 Å². The van der Waals surface area contributed by atoms with Crippen LogP contribution in [0.3, 0.4) is 0 Å². The van der Waals surface area contributed by atoms with Crippen LogP contribution in [0.15, 0.2) is 82.7 Å². The van der Waals surface area contributed by atoms with E-state index in [4.69, 9.17) is 11.6 Å². The van der Waals surface area contributed by atoms with Gasteiger partial charge >= 0.3 is 0 Å². The molecule has 0 bridgehead atoms. The average Bonchev–Trinajstić information content (AvgIpc) is 2.79. The number of hydrogen-bond acceptors (Lipinski definition) is 4. The van der Waals surface area contributed by atoms with Crippen molar-refractivity contribution in [1.29, 1.82) is 0 Å². The van der Waals surface area contributed by atoms with Crippen LogP contribution < -0.4 is 10.9 Å². The third-order valence-corrected chi connectivity index (χ3v) is 6.10. The highest BCUT2D eigenvalue weighted by molar-refractivity contribution is 7.99. The van der Waals surface area contributed by atoms with Gasteiger partial charge in [0, 0.05) is 0 Å². The quantitative estimate of drug-likeness (QED) is 0.319. The first kappa shape index (κ1) is 21.2. The minimum Gasteiger partial charge on any atom is -0.324 e. The second-order valence-electron chi connectivity index (χ2n) is 6.89. The summed E-state index contributed by atoms with van der Waals surface area (Å²) in [5, 5.41) is 4.26. The number of carbonyl (C=O) groups excluding carboxylic acids is 1. The molecule has 0 fully saturated rings. The molecule has 0 unspecified atom stereocenters. The molecule has 4 aromatic rings. The van der Waals surface area contributed by atoms with E-state index in [2.05, 4.69) is 17.2 Å². The summed E-state index contributed by atoms with van der Waals surface area (Å²) in [5.74, 6) is -0.142. The molecule has 1 aromatic heterocycles. The molecule has 31 heavy (non-hydrogen) atoms. The van der Waals surface area contributed by atoms with E-state index in [0.29, 0.717) is 26.8 Å². The number of aromatic nitrogens is 2. The minimum atomic E-state index is -0.228. The third kappa shape index (κ3) is 4.65. The zero-order chi connectivity index (χ0) is 21.8. The van der Waals surface area contributed by atoms with Crippen LogP contribution >= 0.6 is 23.4 Å². The molecule has 156 valence electrons. The number of nitrogens with one attached hydrogen (secondary N) is 1. The summed E-state index contributed by atoms with van der Waals surface area (Å²) in [6.07, 6.45) is 0.912. The molecule has 1 heterocycles. The topological polar surface area (TPSA) is 64.0 Å². The molecule has 0 radical (unpaired) electrons. The summed E-state index contributed by atoms with van der Waals surface area (Å²) in [6.45, 7) is 2.08. The van der Waals surface area contributed by atoms with Crippen LogP contribution in [0.1, 0.15) is 12.5 Å². The lowest BCUT2D eigenvalue weighted by molar-refractivity contribution is -0.113. The fourth-order valence-corrected chi connectivity index (χ4v) is 4.19. The first-order valence-electron chi connectivity index (χ1n) is 9.85. The van der Waals surface area contributed by atoms with Crippen LogP contribution in [-0.2, 0) is 11.2 Å². The summed E-state index contributed by atoms with van der Waals surface area (Å²) in [5.41, 5.74) is 2.88. The van der Waals surface area contributed by atoms with Crippen molar-refractivity contribution in [3.05, 3.63) is 93.7 Å². The Bertz CT molecular complexity index is 1300. The van der Waals surface area contributed by atoms with Gasteiger partial charge in [0.1, 0.15) is 0 Å². The van der Waals surface area contributed by atoms with Crippen molar-refractivity contribution in [3.8, 4) is 5.69 Å². The Morgan fingerprint density at radius 1 is 1.03 bits per heavy atom. The molecule has 5 nitrogen and oxygen atoms in total. The number of aryl methyl sites for hydroxylation is 1. The number of halogens is 1. The Labute approximate surface area is 189 Å². The fourth-order valence-electron chi connectivity index (χ4n) is 3.20. The van der Waals surface area contributed by atoms with Gasteiger partial charge in [-0.2, -0.15) is 0 Å². The number of nitrogens with zero attached hydrogens (tertiary/aromatic N) is 2. The number of thioether (sulfide) groups is 1. The van der Waals surface area contributed by atoms with Gasteiger partial charge in [0.15, 0.2) is 5.16 Å². The molecule has 1 amide bonds. The van der Waals surface area contributed by atoms with Crippen molar-refractivity contribution in [2.75, 3.05) is 11.1 Å². The fraction of sp³-hybridized carbons (Fsp3) is 0.125. The van der Waals surface area contributed by atoms with E-state index in [-0.39, 0.29) is 17.2 Å². The lowest BCUT2D eigenvalue weighted by atomic mass is 10.1. The molecular weight excluding hydrogens is 430 g/mol. The van der Waals surface area contributed by atoms with Crippen molar-refractivity contribution >= 4 is 45.9 Å². The number of carbonyl (C=O) groups is 1. The zero-order valence-corrected chi connectivity index (χ0v) is 18.4. The smallest absolute Gasteiger partial charge is 0.266 e. The summed E-state index contributed by atoms with van der Waals surface area (Å²) in [4.78, 5) is 30.5. The lowest BCUT2D eigenvalue weighted by Gasteiger charge is -2.14. The molecule has 0 aliphatic heterocycles. The van der Waals surface area contributed by atoms with Crippen LogP contribution in [0.2, 0.25) is 5.02 Å². The number of amides is 1. The molecule has 3 aromatic carbocycles. The van der Waals surface area contributed by atoms with Crippen LogP contribution in [0.5, 0.6) is 0 Å². The summed E-state index contributed by atoms with van der Waals surface area (Å²) in [7, 11) is 0. The number of benzene rings is 3. The van der Waals surface area contributed by atoms with Crippen molar-refractivity contribution in [2.45, 2.75) is 18.5 Å². The van der Waals surface area contributed by atoms with Crippen molar-refractivity contribution < 1.29 is 4.79 Å². The van der Waals surface area contributed by atoms with E-state index in [0.717, 1.165) is 12.1 Å². The minimum absolute atomic E-state index is 0.0864. The number of para-hydroxylation sites is 2. The van der Waals surface area contributed by atoms with E-state index in [1.54, 1.807) is 41.0 Å². The van der Waals surface area contributed by atoms with E-state index in [9.17, 15) is 9.59 Å². The van der Waals surface area contributed by atoms with Gasteiger partial charge in [-0.15, -0.1) is 0 Å². The van der Waals surface area contributed by atoms with Gasteiger partial charge < -0.3 is 5.32 Å². The Hall–Kier alpha value is -3.09. The van der Waals surface area contributed by atoms with E-state index >= 15 is 0 Å². The van der Waals surface area contributed by atoms with Gasteiger partial charge in [0.05, 0.1) is 33.1 Å². The maximum absolute atomic E-state index is 13.3. The Morgan fingerprint density at radius 2 is 1.74 bits per heavy atom. The summed E-state index contributed by atoms with van der Waals surface area (Å²) < 4.78 is 1.56. The van der Waals surface area contributed by atoms with Gasteiger partial charge in [-0.05, 0) is 48.4 Å². The molecule has 0 saturated heterocycles. The Balaban J connectivity index is 1.68. The molecule has 0 spiro atoms. The first-order chi connectivity index (χ1) is 15.1. The highest BCUT2D eigenvalue weighted by Gasteiger charge is 2.15. The largest absolute Gasteiger partial charge is 0.324 e. The monoisotopic (exact) mass is 449 g/mol. The maximum Gasteiger partial charge on any atom is 0.266 e. The van der Waals surface area contributed by atoms with Crippen LogP contribution in [-0.4, -0.2) is 21.2 Å². The van der Waals surface area contributed by atoms with Gasteiger partial charge in [-0.1, -0.05) is 66.7 Å². The van der Waals surface area contributed by atoms with Crippen LogP contribution in [0.4, 0.5) is 5.69 Å². The average molecular weight is 450 g/mol. The molecule has 1 N–H and O–H groups in total. The second kappa shape index (κ2) is 9.37. The lowest BCUT2D eigenvalue weighted by Crippen LogP contribution is -2.23. The summed E-state index contributed by atoms with van der Waals surface area (Å²) in [6, 6.07) is 22.1. The van der Waals surface area contributed by atoms with Gasteiger partial charge in [0.25, 0.3) is 5.56 Å². The number of anilines is 1. The normalized spacial score (nSPS) is 10.9. The first-order valence-corrected chi connectivity index (χ1v) is 11.2. The van der Waals surface area contributed by atoms with Gasteiger partial charge in [0.2, 0.25) is 5.91 Å². The number of fused-ring (bicyclic) bond motifs is 1. The standard InChI is InChI=1S/C24H20ClN3O2S/c1-2-16-11-13-17(14-12-16)28-23(30)18-7-3-5-9-20(18)27-24(28)31-15-22(29)26-21-10-6-4-8-19(21)25/h3-14H,2,15H2,1H3,(H,26,29). The Kier molecular flexibility index (Phi) is 6.39. The zero-order valence-electron chi connectivity index (χ0n) is 16.8. The third-order valence-electron chi connectivity index (χ3n) is 4.83. The van der Waals surface area contributed by atoms with Crippen LogP contribution in [0.25, 0.3) is 16.6 Å². The number of hydrogen-bond donors (Lipinski definition) is 1. The highest BCUT2D eigenvalue weighted by Crippen LogP contribution is 2.24. The van der Waals surface area contributed by atoms with E-state index in [1.165, 1.54) is 17.3 Å². The molecular formula is C24H20ClN3O2S. The SMILES string of the molecule is CCc1ccc(-n2c(SCC(=O)Nc3ccccc3Cl)nc3ccccc3c2=O)cc1. The maximum atomic E-state index is 13.3. The van der Waals surface area contributed by atoms with E-state index in [1.807, 2.05) is 36.4 Å². The van der Waals surface area contributed by atoms with Crippen molar-refractivity contribution in [2.24, 2.45) is 0 Å². The van der Waals surface area contributed by atoms with Crippen molar-refractivity contribution in [3.63, 3.8) is 0 Å².